The van der Waals surface area contributed by atoms with Gasteiger partial charge in [0.1, 0.15) is 0 Å². The van der Waals surface area contributed by atoms with Crippen LogP contribution in [0.1, 0.15) is 101 Å². The topological polar surface area (TPSA) is 41.5 Å². The van der Waals surface area contributed by atoms with Crippen molar-refractivity contribution in [1.82, 2.24) is 0 Å². The van der Waals surface area contributed by atoms with Crippen LogP contribution in [0, 0.1) is 11.8 Å². The van der Waals surface area contributed by atoms with Gasteiger partial charge in [-0.25, -0.2) is 0 Å². The van der Waals surface area contributed by atoms with Crippen molar-refractivity contribution in [3.8, 4) is 0 Å². The second-order valence-corrected chi connectivity index (χ2v) is 9.77. The van der Waals surface area contributed by atoms with Crippen molar-refractivity contribution in [2.45, 2.75) is 108 Å². The van der Waals surface area contributed by atoms with Crippen LogP contribution < -0.4 is 5.26 Å². The van der Waals surface area contributed by atoms with Crippen LogP contribution in [0.3, 0.4) is 0 Å². The van der Waals surface area contributed by atoms with Crippen molar-refractivity contribution in [1.29, 1.82) is 0 Å². The fraction of sp³-hybridized carbons (Fsp3) is 0.750. The number of aryl methyl sites for hydroxylation is 2. The van der Waals surface area contributed by atoms with Crippen LogP contribution in [0.15, 0.2) is 23.1 Å². The SMILES string of the molecule is [O-]OOSc1cc(CCCC2CCCCC2)cc(CCCC2CCCCC2)c1. The molecule has 0 N–H and O–H groups in total. The van der Waals surface area contributed by atoms with Gasteiger partial charge in [-0.05, 0) is 60.8 Å². The lowest BCUT2D eigenvalue weighted by atomic mass is 9.85. The van der Waals surface area contributed by atoms with Crippen molar-refractivity contribution in [3.63, 3.8) is 0 Å². The Kier molecular flexibility index (Phi) is 10.2. The molecule has 0 spiro atoms. The lowest BCUT2D eigenvalue weighted by molar-refractivity contribution is -0.777. The summed E-state index contributed by atoms with van der Waals surface area (Å²) in [6, 6.07) is 6.70. The molecule has 0 heterocycles. The molecular weight excluding hydrogens is 368 g/mol. The van der Waals surface area contributed by atoms with E-state index in [1.165, 1.54) is 101 Å². The first-order valence-corrected chi connectivity index (χ1v) is 12.3. The first-order valence-electron chi connectivity index (χ1n) is 11.6. The molecule has 158 valence electrons. The van der Waals surface area contributed by atoms with Crippen molar-refractivity contribution in [2.75, 3.05) is 0 Å². The highest BCUT2D eigenvalue weighted by atomic mass is 32.2. The van der Waals surface area contributed by atoms with E-state index in [4.69, 9.17) is 0 Å². The summed E-state index contributed by atoms with van der Waals surface area (Å²) in [7, 11) is 0. The largest absolute Gasteiger partial charge is 0.691 e. The molecule has 4 heteroatoms. The Labute approximate surface area is 175 Å². The van der Waals surface area contributed by atoms with Gasteiger partial charge >= 0.3 is 0 Å². The van der Waals surface area contributed by atoms with Crippen LogP contribution in [0.2, 0.25) is 0 Å². The van der Waals surface area contributed by atoms with Crippen LogP contribution in [0.25, 0.3) is 0 Å². The van der Waals surface area contributed by atoms with E-state index in [0.29, 0.717) is 0 Å². The number of rotatable bonds is 11. The van der Waals surface area contributed by atoms with E-state index in [9.17, 15) is 5.26 Å². The number of hydrogen-bond donors (Lipinski definition) is 0. The Morgan fingerprint density at radius 2 is 1.25 bits per heavy atom. The molecule has 0 atom stereocenters. The van der Waals surface area contributed by atoms with Crippen molar-refractivity contribution >= 4 is 12.0 Å². The summed E-state index contributed by atoms with van der Waals surface area (Å²) in [4.78, 5) is 0.985. The zero-order valence-corrected chi connectivity index (χ0v) is 18.1. The van der Waals surface area contributed by atoms with Gasteiger partial charge in [-0.2, -0.15) is 4.33 Å². The maximum absolute atomic E-state index is 10.2. The van der Waals surface area contributed by atoms with Gasteiger partial charge in [0.2, 0.25) is 0 Å². The molecule has 2 fully saturated rings. The van der Waals surface area contributed by atoms with Crippen LogP contribution >= 0.6 is 12.0 Å². The Morgan fingerprint density at radius 1 is 0.750 bits per heavy atom. The minimum atomic E-state index is 0.943. The van der Waals surface area contributed by atoms with Crippen molar-refractivity contribution < 1.29 is 14.6 Å². The van der Waals surface area contributed by atoms with Crippen molar-refractivity contribution in [2.24, 2.45) is 11.8 Å². The van der Waals surface area contributed by atoms with E-state index in [-0.39, 0.29) is 0 Å². The summed E-state index contributed by atoms with van der Waals surface area (Å²) in [6.45, 7) is 0. The molecule has 0 saturated heterocycles. The zero-order chi connectivity index (χ0) is 19.4. The fourth-order valence-corrected chi connectivity index (χ4v) is 5.77. The third kappa shape index (κ3) is 8.06. The summed E-state index contributed by atoms with van der Waals surface area (Å²) in [6.07, 6.45) is 21.8. The maximum Gasteiger partial charge on any atom is 0.0674 e. The van der Waals surface area contributed by atoms with E-state index in [1.54, 1.807) is 0 Å². The highest BCUT2D eigenvalue weighted by Crippen LogP contribution is 2.30. The molecule has 0 radical (unpaired) electrons. The lowest BCUT2D eigenvalue weighted by Crippen LogP contribution is -2.07. The van der Waals surface area contributed by atoms with Gasteiger partial charge in [-0.1, -0.05) is 83.1 Å². The van der Waals surface area contributed by atoms with Gasteiger partial charge in [0.25, 0.3) is 0 Å². The second-order valence-electron chi connectivity index (χ2n) is 9.00. The summed E-state index contributed by atoms with van der Waals surface area (Å²) in [5, 5.41) is 13.8. The molecule has 0 unspecified atom stereocenters. The van der Waals surface area contributed by atoms with E-state index in [0.717, 1.165) is 41.6 Å². The molecule has 2 saturated carbocycles. The highest BCUT2D eigenvalue weighted by molar-refractivity contribution is 7.94. The quantitative estimate of drug-likeness (QED) is 0.233. The normalized spacial score (nSPS) is 19.2. The summed E-state index contributed by atoms with van der Waals surface area (Å²) in [5.41, 5.74) is 2.76. The molecule has 0 aromatic heterocycles. The number of hydrogen-bond acceptors (Lipinski definition) is 4. The van der Waals surface area contributed by atoms with Gasteiger partial charge in [-0.3, -0.25) is 5.04 Å². The highest BCUT2D eigenvalue weighted by Gasteiger charge is 2.14. The standard InChI is InChI=1S/C24H38O3S/c25-26-27-28-24-18-22(15-7-13-20-9-3-1-4-10-20)17-23(19-24)16-8-14-21-11-5-2-6-12-21/h17-21,25H,1-16H2/p-1. The van der Waals surface area contributed by atoms with E-state index >= 15 is 0 Å². The predicted molar refractivity (Wildman–Crippen MR) is 113 cm³/mol. The third-order valence-corrected chi connectivity index (χ3v) is 7.34. The molecule has 2 aliphatic rings. The Morgan fingerprint density at radius 3 is 1.71 bits per heavy atom. The van der Waals surface area contributed by atoms with Gasteiger partial charge in [0, 0.05) is 4.90 Å². The average Bonchev–Trinajstić information content (AvgIpc) is 2.74. The molecule has 0 aliphatic heterocycles. The van der Waals surface area contributed by atoms with E-state index in [1.807, 2.05) is 0 Å². The smallest absolute Gasteiger partial charge is 0.0674 e. The first kappa shape index (κ1) is 22.1. The summed E-state index contributed by atoms with van der Waals surface area (Å²) < 4.78 is 4.59. The van der Waals surface area contributed by atoms with Crippen molar-refractivity contribution in [3.05, 3.63) is 29.3 Å². The van der Waals surface area contributed by atoms with Crippen LogP contribution in [0.5, 0.6) is 0 Å². The van der Waals surface area contributed by atoms with Gasteiger partial charge in [-0.15, -0.1) is 0 Å². The molecule has 28 heavy (non-hydrogen) atoms. The maximum atomic E-state index is 10.2. The molecule has 0 bridgehead atoms. The Balaban J connectivity index is 1.49. The van der Waals surface area contributed by atoms with Gasteiger partial charge in [0.05, 0.1) is 12.0 Å². The Hall–Kier alpha value is -0.550. The minimum Gasteiger partial charge on any atom is -0.691 e. The monoisotopic (exact) mass is 405 g/mol. The predicted octanol–water partition coefficient (Wildman–Crippen LogP) is 6.72. The molecule has 2 aliphatic carbocycles. The Bertz CT molecular complexity index is 509. The second kappa shape index (κ2) is 12.9. The molecule has 3 rings (SSSR count). The van der Waals surface area contributed by atoms with E-state index in [2.05, 4.69) is 27.6 Å². The van der Waals surface area contributed by atoms with Crippen LogP contribution in [-0.4, -0.2) is 0 Å². The third-order valence-electron chi connectivity index (χ3n) is 6.79. The van der Waals surface area contributed by atoms with Gasteiger partial charge < -0.3 is 5.26 Å². The fourth-order valence-electron chi connectivity index (χ4n) is 5.26. The average molecular weight is 406 g/mol. The molecular formula is C24H37O3S-. The number of benzene rings is 1. The van der Waals surface area contributed by atoms with Crippen LogP contribution in [0.4, 0.5) is 0 Å². The van der Waals surface area contributed by atoms with Gasteiger partial charge in [0.15, 0.2) is 0 Å². The summed E-state index contributed by atoms with van der Waals surface area (Å²) >= 11 is 1.04. The first-order chi connectivity index (χ1) is 13.8. The summed E-state index contributed by atoms with van der Waals surface area (Å²) in [5.74, 6) is 1.89. The van der Waals surface area contributed by atoms with E-state index < -0.39 is 0 Å². The lowest BCUT2D eigenvalue weighted by Gasteiger charge is -2.21. The zero-order valence-electron chi connectivity index (χ0n) is 17.3. The molecule has 0 amide bonds. The molecule has 1 aromatic rings. The molecule has 1 aromatic carbocycles. The minimum absolute atomic E-state index is 0.943. The molecule has 3 nitrogen and oxygen atoms in total. The van der Waals surface area contributed by atoms with Crippen LogP contribution in [-0.2, 0) is 22.2 Å².